The first-order valence-corrected chi connectivity index (χ1v) is 10.2. The molecule has 2 aliphatic rings. The molecule has 150 valence electrons. The minimum atomic E-state index is -0.472. The van der Waals surface area contributed by atoms with Crippen LogP contribution < -0.4 is 0 Å². The molecule has 2 aliphatic heterocycles. The number of aryl methyl sites for hydroxylation is 1. The van der Waals surface area contributed by atoms with Gasteiger partial charge in [0.2, 0.25) is 0 Å². The van der Waals surface area contributed by atoms with Crippen LogP contribution in [-0.2, 0) is 16.7 Å². The SMILES string of the molecule is CC(C)(C)OC(=O)N1CCC2(CCn3nc(-c4cnc5ccccc5c4)cc32)C1. The molecule has 0 N–H and O–H groups in total. The van der Waals surface area contributed by atoms with E-state index in [-0.39, 0.29) is 11.5 Å². The first-order chi connectivity index (χ1) is 13.8. The molecule has 4 heterocycles. The Bertz CT molecular complexity index is 1100. The summed E-state index contributed by atoms with van der Waals surface area (Å²) in [5, 5.41) is 5.97. The molecule has 1 unspecified atom stereocenters. The highest BCUT2D eigenvalue weighted by atomic mass is 16.6. The van der Waals surface area contributed by atoms with Crippen molar-refractivity contribution in [2.75, 3.05) is 13.1 Å². The lowest BCUT2D eigenvalue weighted by Gasteiger charge is -2.26. The van der Waals surface area contributed by atoms with Gasteiger partial charge in [-0.15, -0.1) is 0 Å². The van der Waals surface area contributed by atoms with Crippen molar-refractivity contribution in [3.8, 4) is 11.3 Å². The van der Waals surface area contributed by atoms with E-state index in [2.05, 4.69) is 27.9 Å². The third kappa shape index (κ3) is 3.16. The molecule has 0 bridgehead atoms. The van der Waals surface area contributed by atoms with E-state index in [9.17, 15) is 4.79 Å². The van der Waals surface area contributed by atoms with Gasteiger partial charge in [-0.3, -0.25) is 9.67 Å². The van der Waals surface area contributed by atoms with E-state index >= 15 is 0 Å². The number of likely N-dealkylation sites (tertiary alicyclic amines) is 1. The first-order valence-electron chi connectivity index (χ1n) is 10.2. The van der Waals surface area contributed by atoms with Crippen molar-refractivity contribution >= 4 is 17.0 Å². The van der Waals surface area contributed by atoms with E-state index in [0.29, 0.717) is 6.54 Å². The van der Waals surface area contributed by atoms with Gasteiger partial charge in [0.25, 0.3) is 0 Å². The fourth-order valence-electron chi connectivity index (χ4n) is 4.58. The predicted octanol–water partition coefficient (Wildman–Crippen LogP) is 4.38. The number of hydrogen-bond acceptors (Lipinski definition) is 4. The average Bonchev–Trinajstić information content (AvgIpc) is 3.37. The van der Waals surface area contributed by atoms with E-state index in [1.807, 2.05) is 50.1 Å². The van der Waals surface area contributed by atoms with Crippen LogP contribution in [0.5, 0.6) is 0 Å². The third-order valence-electron chi connectivity index (χ3n) is 6.02. The number of carbonyl (C=O) groups excluding carboxylic acids is 1. The van der Waals surface area contributed by atoms with Gasteiger partial charge in [-0.25, -0.2) is 4.79 Å². The van der Waals surface area contributed by atoms with Crippen LogP contribution in [0.3, 0.4) is 0 Å². The molecule has 0 aliphatic carbocycles. The van der Waals surface area contributed by atoms with Crippen LogP contribution in [0.15, 0.2) is 42.6 Å². The molecule has 29 heavy (non-hydrogen) atoms. The molecule has 1 fully saturated rings. The Labute approximate surface area is 170 Å². The van der Waals surface area contributed by atoms with Crippen molar-refractivity contribution in [1.82, 2.24) is 19.7 Å². The fourth-order valence-corrected chi connectivity index (χ4v) is 4.58. The number of hydrogen-bond donors (Lipinski definition) is 0. The molecule has 0 saturated carbocycles. The van der Waals surface area contributed by atoms with E-state index < -0.39 is 5.60 Å². The summed E-state index contributed by atoms with van der Waals surface area (Å²) in [7, 11) is 0. The van der Waals surface area contributed by atoms with E-state index in [0.717, 1.165) is 48.1 Å². The topological polar surface area (TPSA) is 60.2 Å². The highest BCUT2D eigenvalue weighted by molar-refractivity contribution is 5.82. The molecule has 1 atom stereocenters. The normalized spacial score (nSPS) is 21.1. The highest BCUT2D eigenvalue weighted by Crippen LogP contribution is 2.44. The summed E-state index contributed by atoms with van der Waals surface area (Å²) >= 11 is 0. The Kier molecular flexibility index (Phi) is 3.95. The van der Waals surface area contributed by atoms with Crippen LogP contribution in [0.25, 0.3) is 22.2 Å². The molecular formula is C23H26N4O2. The summed E-state index contributed by atoms with van der Waals surface area (Å²) in [4.78, 5) is 19.0. The smallest absolute Gasteiger partial charge is 0.410 e. The van der Waals surface area contributed by atoms with Crippen LogP contribution in [-0.4, -0.2) is 44.4 Å². The van der Waals surface area contributed by atoms with Crippen molar-refractivity contribution in [3.63, 3.8) is 0 Å². The van der Waals surface area contributed by atoms with E-state index in [1.165, 1.54) is 5.69 Å². The standard InChI is InChI=1S/C23H26N4O2/c1-22(2,3)29-21(28)26-10-8-23(15-26)9-11-27-20(23)13-19(25-27)17-12-16-6-4-5-7-18(16)24-14-17/h4-7,12-14H,8-11,15H2,1-3H3. The zero-order valence-corrected chi connectivity index (χ0v) is 17.2. The Morgan fingerprint density at radius 1 is 1.14 bits per heavy atom. The minimum absolute atomic E-state index is 0.0214. The number of rotatable bonds is 1. The summed E-state index contributed by atoms with van der Waals surface area (Å²) in [6.45, 7) is 8.04. The maximum atomic E-state index is 12.5. The van der Waals surface area contributed by atoms with Gasteiger partial charge in [-0.1, -0.05) is 18.2 Å². The molecule has 1 saturated heterocycles. The molecule has 1 spiro atoms. The predicted molar refractivity (Wildman–Crippen MR) is 112 cm³/mol. The van der Waals surface area contributed by atoms with Gasteiger partial charge >= 0.3 is 6.09 Å². The highest BCUT2D eigenvalue weighted by Gasteiger charge is 2.47. The lowest BCUT2D eigenvalue weighted by molar-refractivity contribution is 0.0284. The summed E-state index contributed by atoms with van der Waals surface area (Å²) in [6, 6.07) is 12.5. The fraction of sp³-hybridized carbons (Fsp3) is 0.435. The zero-order chi connectivity index (χ0) is 20.2. The van der Waals surface area contributed by atoms with Crippen molar-refractivity contribution in [3.05, 3.63) is 48.3 Å². The van der Waals surface area contributed by atoms with Crippen LogP contribution >= 0.6 is 0 Å². The Hall–Kier alpha value is -2.89. The molecule has 5 rings (SSSR count). The lowest BCUT2D eigenvalue weighted by atomic mass is 9.82. The zero-order valence-electron chi connectivity index (χ0n) is 17.2. The molecular weight excluding hydrogens is 364 g/mol. The number of ether oxygens (including phenoxy) is 1. The monoisotopic (exact) mass is 390 g/mol. The molecule has 6 heteroatoms. The van der Waals surface area contributed by atoms with Crippen molar-refractivity contribution in [2.45, 2.75) is 51.2 Å². The van der Waals surface area contributed by atoms with Crippen LogP contribution in [0.1, 0.15) is 39.3 Å². The summed E-state index contributed by atoms with van der Waals surface area (Å²) in [6.07, 6.45) is 3.65. The van der Waals surface area contributed by atoms with Crippen molar-refractivity contribution in [2.24, 2.45) is 0 Å². The van der Waals surface area contributed by atoms with Gasteiger partial charge < -0.3 is 9.64 Å². The first kappa shape index (κ1) is 18.2. The summed E-state index contributed by atoms with van der Waals surface area (Å²) in [5.41, 5.74) is 3.71. The third-order valence-corrected chi connectivity index (χ3v) is 6.02. The van der Waals surface area contributed by atoms with Gasteiger partial charge in [0.1, 0.15) is 5.60 Å². The lowest BCUT2D eigenvalue weighted by Crippen LogP contribution is -2.37. The average molecular weight is 390 g/mol. The maximum Gasteiger partial charge on any atom is 0.410 e. The second-order valence-corrected chi connectivity index (χ2v) is 9.24. The molecule has 1 aromatic carbocycles. The number of amides is 1. The molecule has 3 aromatic rings. The van der Waals surface area contributed by atoms with Gasteiger partial charge in [0.15, 0.2) is 0 Å². The Morgan fingerprint density at radius 2 is 1.93 bits per heavy atom. The number of aromatic nitrogens is 3. The van der Waals surface area contributed by atoms with E-state index in [1.54, 1.807) is 0 Å². The summed E-state index contributed by atoms with van der Waals surface area (Å²) in [5.74, 6) is 0. The second-order valence-electron chi connectivity index (χ2n) is 9.24. The van der Waals surface area contributed by atoms with Gasteiger partial charge in [-0.2, -0.15) is 5.10 Å². The van der Waals surface area contributed by atoms with Gasteiger partial charge in [-0.05, 0) is 51.8 Å². The molecule has 1 amide bonds. The number of fused-ring (bicyclic) bond motifs is 3. The quantitative estimate of drug-likeness (QED) is 0.619. The van der Waals surface area contributed by atoms with Crippen LogP contribution in [0.2, 0.25) is 0 Å². The number of carbonyl (C=O) groups is 1. The van der Waals surface area contributed by atoms with Crippen molar-refractivity contribution in [1.29, 1.82) is 0 Å². The summed E-state index contributed by atoms with van der Waals surface area (Å²) < 4.78 is 7.70. The number of pyridine rings is 1. The van der Waals surface area contributed by atoms with Crippen LogP contribution in [0, 0.1) is 0 Å². The molecule has 6 nitrogen and oxygen atoms in total. The number of benzene rings is 1. The van der Waals surface area contributed by atoms with Gasteiger partial charge in [0, 0.05) is 47.9 Å². The molecule has 0 radical (unpaired) electrons. The number of para-hydroxylation sites is 1. The Morgan fingerprint density at radius 3 is 2.76 bits per heavy atom. The number of nitrogens with zero attached hydrogens (tertiary/aromatic N) is 4. The maximum absolute atomic E-state index is 12.5. The van der Waals surface area contributed by atoms with Crippen LogP contribution in [0.4, 0.5) is 4.79 Å². The molecule has 2 aromatic heterocycles. The second kappa shape index (κ2) is 6.31. The minimum Gasteiger partial charge on any atom is -0.444 e. The largest absolute Gasteiger partial charge is 0.444 e. The van der Waals surface area contributed by atoms with Crippen molar-refractivity contribution < 1.29 is 9.53 Å². The Balaban J connectivity index is 1.42. The van der Waals surface area contributed by atoms with E-state index in [4.69, 9.17) is 9.84 Å². The van der Waals surface area contributed by atoms with Gasteiger partial charge in [0.05, 0.1) is 11.2 Å².